The summed E-state index contributed by atoms with van der Waals surface area (Å²) in [4.78, 5) is 0. The summed E-state index contributed by atoms with van der Waals surface area (Å²) in [6.07, 6.45) is 0. The third kappa shape index (κ3) is 168. The Labute approximate surface area is 75.0 Å². The molecule has 0 amide bonds. The monoisotopic (exact) mass is 151 g/mol. The summed E-state index contributed by atoms with van der Waals surface area (Å²) >= 11 is 8.26. The van der Waals surface area contributed by atoms with Gasteiger partial charge in [-0.15, -0.1) is 0 Å². The van der Waals surface area contributed by atoms with Crippen LogP contribution >= 0.6 is 12.2 Å². The zero-order valence-corrected chi connectivity index (χ0v) is 7.53. The summed E-state index contributed by atoms with van der Waals surface area (Å²) in [5, 5.41) is 0. The average molecular weight is 151 g/mol. The van der Waals surface area contributed by atoms with E-state index in [1.54, 1.807) is 0 Å². The van der Waals surface area contributed by atoms with Gasteiger partial charge in [-0.05, 0) is 0 Å². The number of rotatable bonds is 0. The van der Waals surface area contributed by atoms with Crippen molar-refractivity contribution in [2.45, 2.75) is 0 Å². The van der Waals surface area contributed by atoms with Crippen molar-refractivity contribution in [2.75, 3.05) is 0 Å². The summed E-state index contributed by atoms with van der Waals surface area (Å²) < 4.78 is 0.0833. The first-order valence-electron chi connectivity index (χ1n) is 0.697. The SMILES string of the molecule is NC(=S)[S-].O.O.[Na+]. The molecule has 0 rings (SSSR count). The van der Waals surface area contributed by atoms with Crippen LogP contribution in [0.4, 0.5) is 0 Å². The first-order chi connectivity index (χ1) is 1.73. The molecule has 0 aromatic rings. The molecule has 0 unspecified atom stereocenters. The summed E-state index contributed by atoms with van der Waals surface area (Å²) in [6, 6.07) is 0. The fourth-order valence-electron chi connectivity index (χ4n) is 0. The molecular formula is CH6NNaO2S2. The van der Waals surface area contributed by atoms with E-state index in [4.69, 9.17) is 0 Å². The Morgan fingerprint density at radius 2 is 1.43 bits per heavy atom. The normalized spacial score (nSPS) is 3.43. The molecule has 0 bridgehead atoms. The molecule has 0 fully saturated rings. The van der Waals surface area contributed by atoms with Crippen molar-refractivity contribution in [3.05, 3.63) is 0 Å². The third-order valence-electron chi connectivity index (χ3n) is 0. The van der Waals surface area contributed by atoms with E-state index >= 15 is 0 Å². The maximum absolute atomic E-state index is 4.66. The van der Waals surface area contributed by atoms with Crippen molar-refractivity contribution in [3.8, 4) is 0 Å². The standard InChI is InChI=1S/CH3NS2.Na.2H2O/c2-1(3)4;;;/h(H3,2,3,4);;2*1H2/q;+1;;/p-1. The molecule has 40 valence electrons. The van der Waals surface area contributed by atoms with E-state index in [0.717, 1.165) is 0 Å². The molecule has 0 saturated carbocycles. The maximum Gasteiger partial charge on any atom is 1.00 e. The largest absolute Gasteiger partial charge is 1.00 e. The van der Waals surface area contributed by atoms with Crippen LogP contribution in [0.25, 0.3) is 0 Å². The maximum atomic E-state index is 4.66. The van der Waals surface area contributed by atoms with Gasteiger partial charge in [-0.25, -0.2) is 0 Å². The molecule has 0 saturated heterocycles. The molecule has 0 aromatic heterocycles. The molecule has 3 nitrogen and oxygen atoms in total. The smallest absolute Gasteiger partial charge is 0.415 e. The van der Waals surface area contributed by atoms with Crippen molar-refractivity contribution in [1.29, 1.82) is 0 Å². The Hall–Kier alpha value is 1.03. The van der Waals surface area contributed by atoms with Crippen LogP contribution in [0, 0.1) is 0 Å². The molecule has 7 heavy (non-hydrogen) atoms. The minimum absolute atomic E-state index is 0. The van der Waals surface area contributed by atoms with E-state index in [1.807, 2.05) is 0 Å². The molecule has 0 aliphatic rings. The van der Waals surface area contributed by atoms with Crippen LogP contribution in [-0.4, -0.2) is 15.3 Å². The van der Waals surface area contributed by atoms with Crippen LogP contribution in [0.3, 0.4) is 0 Å². The van der Waals surface area contributed by atoms with Gasteiger partial charge in [0.2, 0.25) is 0 Å². The van der Waals surface area contributed by atoms with Crippen LogP contribution < -0.4 is 35.3 Å². The van der Waals surface area contributed by atoms with Crippen molar-refractivity contribution in [3.63, 3.8) is 0 Å². The molecule has 0 aliphatic carbocycles. The van der Waals surface area contributed by atoms with E-state index < -0.39 is 0 Å². The van der Waals surface area contributed by atoms with Crippen LogP contribution in [0.15, 0.2) is 0 Å². The summed E-state index contributed by atoms with van der Waals surface area (Å²) in [6.45, 7) is 0. The van der Waals surface area contributed by atoms with Gasteiger partial charge in [0.1, 0.15) is 0 Å². The van der Waals surface area contributed by atoms with E-state index in [9.17, 15) is 0 Å². The molecule has 0 radical (unpaired) electrons. The molecule has 6 heteroatoms. The van der Waals surface area contributed by atoms with E-state index in [1.165, 1.54) is 0 Å². The fraction of sp³-hybridized carbons (Fsp3) is 0. The Morgan fingerprint density at radius 1 is 1.43 bits per heavy atom. The van der Waals surface area contributed by atoms with Gasteiger partial charge in [0, 0.05) is 0 Å². The molecule has 0 aliphatic heterocycles. The predicted molar refractivity (Wildman–Crippen MR) is 31.4 cm³/mol. The van der Waals surface area contributed by atoms with E-state index in [2.05, 4.69) is 30.6 Å². The summed E-state index contributed by atoms with van der Waals surface area (Å²) in [5.74, 6) is 0. The summed E-state index contributed by atoms with van der Waals surface area (Å²) in [5.41, 5.74) is 4.66. The van der Waals surface area contributed by atoms with Crippen LogP contribution in [0.2, 0.25) is 0 Å². The first-order valence-corrected chi connectivity index (χ1v) is 1.51. The zero-order valence-electron chi connectivity index (χ0n) is 3.89. The van der Waals surface area contributed by atoms with Crippen molar-refractivity contribution >= 4 is 29.2 Å². The Kier molecular flexibility index (Phi) is 54.9. The predicted octanol–water partition coefficient (Wildman–Crippen LogP) is -4.87. The zero-order chi connectivity index (χ0) is 3.58. The van der Waals surface area contributed by atoms with Crippen molar-refractivity contribution in [1.82, 2.24) is 0 Å². The molecule has 6 N–H and O–H groups in total. The minimum atomic E-state index is 0. The van der Waals surface area contributed by atoms with Crippen LogP contribution in [-0.2, 0) is 12.6 Å². The second-order valence-electron chi connectivity index (χ2n) is 0.319. The number of thiocarbonyl (C=S) groups is 1. The van der Waals surface area contributed by atoms with Crippen LogP contribution in [0.5, 0.6) is 0 Å². The van der Waals surface area contributed by atoms with Gasteiger partial charge >= 0.3 is 29.6 Å². The molecule has 0 heterocycles. The second-order valence-corrected chi connectivity index (χ2v) is 1.46. The van der Waals surface area contributed by atoms with Crippen LogP contribution in [0.1, 0.15) is 0 Å². The van der Waals surface area contributed by atoms with Gasteiger partial charge < -0.3 is 41.5 Å². The number of hydrogen-bond acceptors (Lipinski definition) is 2. The van der Waals surface area contributed by atoms with Gasteiger partial charge in [0.05, 0.1) is 0 Å². The summed E-state index contributed by atoms with van der Waals surface area (Å²) in [7, 11) is 0. The van der Waals surface area contributed by atoms with E-state index in [0.29, 0.717) is 0 Å². The minimum Gasteiger partial charge on any atom is -0.415 e. The van der Waals surface area contributed by atoms with Crippen molar-refractivity contribution in [2.24, 2.45) is 5.73 Å². The topological polar surface area (TPSA) is 89.0 Å². The van der Waals surface area contributed by atoms with Gasteiger partial charge in [0.25, 0.3) is 0 Å². The first kappa shape index (κ1) is 24.4. The van der Waals surface area contributed by atoms with E-state index in [-0.39, 0.29) is 44.8 Å². The molecule has 0 atom stereocenters. The molecular weight excluding hydrogens is 145 g/mol. The van der Waals surface area contributed by atoms with Crippen molar-refractivity contribution < 1.29 is 40.5 Å². The third-order valence-corrected chi connectivity index (χ3v) is 0. The average Bonchev–Trinajstić information content (AvgIpc) is 0.811. The Balaban J connectivity index is -0.0000000150. The Morgan fingerprint density at radius 3 is 1.43 bits per heavy atom. The van der Waals surface area contributed by atoms with Gasteiger partial charge in [0.15, 0.2) is 0 Å². The quantitative estimate of drug-likeness (QED) is 0.214. The van der Waals surface area contributed by atoms with Gasteiger partial charge in [-0.2, -0.15) is 0 Å². The molecule has 0 spiro atoms. The molecule has 0 aromatic carbocycles. The second kappa shape index (κ2) is 15.7. The number of hydrogen-bond donors (Lipinski definition) is 1. The van der Waals surface area contributed by atoms with Gasteiger partial charge in [-0.3, -0.25) is 0 Å². The van der Waals surface area contributed by atoms with Gasteiger partial charge in [-0.1, -0.05) is 4.32 Å². The number of nitrogens with two attached hydrogens (primary N) is 1. The fourth-order valence-corrected chi connectivity index (χ4v) is 0. The Bertz CT molecular complexity index is 38.7.